The third-order valence-electron chi connectivity index (χ3n) is 5.26. The summed E-state index contributed by atoms with van der Waals surface area (Å²) in [5.41, 5.74) is 1.99. The van der Waals surface area contributed by atoms with Gasteiger partial charge in [-0.05, 0) is 30.9 Å². The Morgan fingerprint density at radius 3 is 2.11 bits per heavy atom. The number of carbonyl (C=O) groups is 2. The van der Waals surface area contributed by atoms with E-state index in [1.807, 2.05) is 67.6 Å². The first-order valence-electron chi connectivity index (χ1n) is 9.81. The molecule has 0 bridgehead atoms. The summed E-state index contributed by atoms with van der Waals surface area (Å²) in [6.07, 6.45) is 4.71. The van der Waals surface area contributed by atoms with Crippen molar-refractivity contribution in [3.8, 4) is 0 Å². The third-order valence-corrected chi connectivity index (χ3v) is 5.26. The van der Waals surface area contributed by atoms with Gasteiger partial charge in [0.15, 0.2) is 0 Å². The van der Waals surface area contributed by atoms with E-state index in [9.17, 15) is 9.59 Å². The van der Waals surface area contributed by atoms with Gasteiger partial charge >= 0.3 is 0 Å². The van der Waals surface area contributed by atoms with Crippen LogP contribution < -0.4 is 5.32 Å². The van der Waals surface area contributed by atoms with Gasteiger partial charge in [-0.2, -0.15) is 0 Å². The van der Waals surface area contributed by atoms with Crippen molar-refractivity contribution in [1.82, 2.24) is 10.2 Å². The van der Waals surface area contributed by atoms with Crippen LogP contribution >= 0.6 is 0 Å². The Labute approximate surface area is 161 Å². The van der Waals surface area contributed by atoms with E-state index in [0.29, 0.717) is 13.0 Å². The Morgan fingerprint density at radius 2 is 1.52 bits per heavy atom. The third kappa shape index (κ3) is 5.43. The van der Waals surface area contributed by atoms with E-state index in [0.717, 1.165) is 24.0 Å². The van der Waals surface area contributed by atoms with Crippen LogP contribution in [0.15, 0.2) is 60.7 Å². The molecule has 1 atom stereocenters. The van der Waals surface area contributed by atoms with Gasteiger partial charge < -0.3 is 10.2 Å². The highest BCUT2D eigenvalue weighted by molar-refractivity contribution is 5.88. The zero-order valence-corrected chi connectivity index (χ0v) is 15.9. The first kappa shape index (κ1) is 19.2. The first-order valence-corrected chi connectivity index (χ1v) is 9.81. The van der Waals surface area contributed by atoms with Gasteiger partial charge in [0.1, 0.15) is 6.04 Å². The second-order valence-electron chi connectivity index (χ2n) is 7.34. The number of hydrogen-bond acceptors (Lipinski definition) is 2. The van der Waals surface area contributed by atoms with Gasteiger partial charge in [-0.15, -0.1) is 0 Å². The summed E-state index contributed by atoms with van der Waals surface area (Å²) < 4.78 is 0. The summed E-state index contributed by atoms with van der Waals surface area (Å²) in [7, 11) is 0. The van der Waals surface area contributed by atoms with E-state index in [1.54, 1.807) is 4.90 Å². The van der Waals surface area contributed by atoms with E-state index in [2.05, 4.69) is 5.32 Å². The fraction of sp³-hybridized carbons (Fsp3) is 0.391. The summed E-state index contributed by atoms with van der Waals surface area (Å²) in [5, 5.41) is 3.13. The molecule has 0 spiro atoms. The fourth-order valence-corrected chi connectivity index (χ4v) is 3.63. The molecule has 1 N–H and O–H groups in total. The maximum Gasteiger partial charge on any atom is 0.242 e. The van der Waals surface area contributed by atoms with Crippen molar-refractivity contribution in [2.75, 3.05) is 0 Å². The standard InChI is InChI=1S/C23H28N2O2/c1-18(23(27)24-21-14-8-9-15-21)25(17-20-12-6-3-7-13-20)22(26)16-19-10-4-2-5-11-19/h2-7,10-13,18,21H,8-9,14-17H2,1H3,(H,24,27)/t18-/m1/s1. The molecular formula is C23H28N2O2. The highest BCUT2D eigenvalue weighted by atomic mass is 16.2. The van der Waals surface area contributed by atoms with Crippen molar-refractivity contribution in [3.63, 3.8) is 0 Å². The lowest BCUT2D eigenvalue weighted by Crippen LogP contribution is -2.50. The van der Waals surface area contributed by atoms with E-state index in [4.69, 9.17) is 0 Å². The minimum absolute atomic E-state index is 0.0286. The zero-order valence-electron chi connectivity index (χ0n) is 15.9. The maximum absolute atomic E-state index is 13.0. The molecule has 1 fully saturated rings. The van der Waals surface area contributed by atoms with E-state index < -0.39 is 6.04 Å². The van der Waals surface area contributed by atoms with Crippen molar-refractivity contribution in [3.05, 3.63) is 71.8 Å². The first-order chi connectivity index (χ1) is 13.1. The summed E-state index contributed by atoms with van der Waals surface area (Å²) in [5.74, 6) is -0.0848. The monoisotopic (exact) mass is 364 g/mol. The molecule has 2 amide bonds. The van der Waals surface area contributed by atoms with Crippen molar-refractivity contribution in [2.45, 2.75) is 57.7 Å². The van der Waals surface area contributed by atoms with Crippen molar-refractivity contribution < 1.29 is 9.59 Å². The highest BCUT2D eigenvalue weighted by Crippen LogP contribution is 2.19. The van der Waals surface area contributed by atoms with Crippen molar-refractivity contribution >= 4 is 11.8 Å². The van der Waals surface area contributed by atoms with E-state index >= 15 is 0 Å². The second kappa shape index (κ2) is 9.36. The SMILES string of the molecule is C[C@H](C(=O)NC1CCCC1)N(Cc1ccccc1)C(=O)Cc1ccccc1. The fourth-order valence-electron chi connectivity index (χ4n) is 3.63. The van der Waals surface area contributed by atoms with Gasteiger partial charge in [0.25, 0.3) is 0 Å². The van der Waals surface area contributed by atoms with Crippen molar-refractivity contribution in [2.24, 2.45) is 0 Å². The van der Waals surface area contributed by atoms with E-state index in [-0.39, 0.29) is 17.9 Å². The Morgan fingerprint density at radius 1 is 0.963 bits per heavy atom. The Balaban J connectivity index is 1.73. The molecule has 3 rings (SSSR count). The summed E-state index contributed by atoms with van der Waals surface area (Å²) in [4.78, 5) is 27.5. The molecule has 2 aromatic carbocycles. The molecule has 0 unspecified atom stereocenters. The molecule has 1 saturated carbocycles. The molecule has 1 aliphatic rings. The quantitative estimate of drug-likeness (QED) is 0.814. The zero-order chi connectivity index (χ0) is 19.1. The van der Waals surface area contributed by atoms with Crippen LogP contribution in [0, 0.1) is 0 Å². The lowest BCUT2D eigenvalue weighted by molar-refractivity contribution is -0.140. The average molecular weight is 364 g/mol. The molecule has 1 aliphatic carbocycles. The molecule has 142 valence electrons. The number of amides is 2. The number of nitrogens with zero attached hydrogens (tertiary/aromatic N) is 1. The topological polar surface area (TPSA) is 49.4 Å². The van der Waals surface area contributed by atoms with Crippen LogP contribution in [0.4, 0.5) is 0 Å². The lowest BCUT2D eigenvalue weighted by atomic mass is 10.1. The second-order valence-corrected chi connectivity index (χ2v) is 7.34. The number of rotatable bonds is 7. The minimum Gasteiger partial charge on any atom is -0.352 e. The normalized spacial score (nSPS) is 15.3. The van der Waals surface area contributed by atoms with Crippen molar-refractivity contribution in [1.29, 1.82) is 0 Å². The van der Waals surface area contributed by atoms with Crippen LogP contribution in [0.5, 0.6) is 0 Å². The number of benzene rings is 2. The molecule has 4 heteroatoms. The predicted octanol–water partition coefficient (Wildman–Crippen LogP) is 3.71. The highest BCUT2D eigenvalue weighted by Gasteiger charge is 2.28. The number of hydrogen-bond donors (Lipinski definition) is 1. The molecule has 27 heavy (non-hydrogen) atoms. The van der Waals surface area contributed by atoms with Crippen LogP contribution in [0.2, 0.25) is 0 Å². The van der Waals surface area contributed by atoms with Gasteiger partial charge in [-0.3, -0.25) is 9.59 Å². The van der Waals surface area contributed by atoms with Crippen LogP contribution in [0.25, 0.3) is 0 Å². The number of nitrogens with one attached hydrogen (secondary N) is 1. The predicted molar refractivity (Wildman–Crippen MR) is 107 cm³/mol. The lowest BCUT2D eigenvalue weighted by Gasteiger charge is -2.30. The Hall–Kier alpha value is -2.62. The Kier molecular flexibility index (Phi) is 6.64. The number of carbonyl (C=O) groups excluding carboxylic acids is 2. The molecule has 4 nitrogen and oxygen atoms in total. The summed E-state index contributed by atoms with van der Waals surface area (Å²) in [6, 6.07) is 19.3. The van der Waals surface area contributed by atoms with Crippen LogP contribution in [0.3, 0.4) is 0 Å². The van der Waals surface area contributed by atoms with Gasteiger partial charge in [-0.1, -0.05) is 73.5 Å². The van der Waals surface area contributed by atoms with Crippen LogP contribution in [0.1, 0.15) is 43.7 Å². The minimum atomic E-state index is -0.498. The van der Waals surface area contributed by atoms with E-state index in [1.165, 1.54) is 12.8 Å². The summed E-state index contributed by atoms with van der Waals surface area (Å²) >= 11 is 0. The van der Waals surface area contributed by atoms with Gasteiger partial charge in [0.05, 0.1) is 6.42 Å². The Bertz CT molecular complexity index is 739. The van der Waals surface area contributed by atoms with Gasteiger partial charge in [-0.25, -0.2) is 0 Å². The molecule has 0 aliphatic heterocycles. The van der Waals surface area contributed by atoms with Crippen LogP contribution in [-0.4, -0.2) is 28.8 Å². The molecule has 0 heterocycles. The molecule has 0 saturated heterocycles. The molecule has 0 aromatic heterocycles. The van der Waals surface area contributed by atoms with Gasteiger partial charge in [0.2, 0.25) is 11.8 Å². The molecular weight excluding hydrogens is 336 g/mol. The molecule has 0 radical (unpaired) electrons. The van der Waals surface area contributed by atoms with Crippen LogP contribution in [-0.2, 0) is 22.6 Å². The van der Waals surface area contributed by atoms with Gasteiger partial charge in [0, 0.05) is 12.6 Å². The smallest absolute Gasteiger partial charge is 0.242 e. The molecule has 2 aromatic rings. The average Bonchev–Trinajstić information content (AvgIpc) is 3.20. The summed E-state index contributed by atoms with van der Waals surface area (Å²) in [6.45, 7) is 2.27. The largest absolute Gasteiger partial charge is 0.352 e. The maximum atomic E-state index is 13.0.